The van der Waals surface area contributed by atoms with E-state index in [1.807, 2.05) is 25.1 Å². The minimum atomic E-state index is 0.454. The molecule has 4 nitrogen and oxygen atoms in total. The van der Waals surface area contributed by atoms with Crippen molar-refractivity contribution in [1.82, 2.24) is 5.32 Å². The number of ether oxygens (including phenoxy) is 2. The van der Waals surface area contributed by atoms with Crippen LogP contribution < -0.4 is 10.1 Å². The Bertz CT molecular complexity index is 749. The van der Waals surface area contributed by atoms with Crippen LogP contribution in [0.15, 0.2) is 33.7 Å². The van der Waals surface area contributed by atoms with Crippen LogP contribution >= 0.6 is 27.5 Å². The van der Waals surface area contributed by atoms with E-state index in [0.717, 1.165) is 39.7 Å². The van der Waals surface area contributed by atoms with E-state index in [2.05, 4.69) is 32.3 Å². The van der Waals surface area contributed by atoms with E-state index >= 15 is 0 Å². The first-order chi connectivity index (χ1) is 11.2. The Kier molecular flexibility index (Phi) is 5.41. The van der Waals surface area contributed by atoms with Crippen LogP contribution in [-0.4, -0.2) is 38.7 Å². The third kappa shape index (κ3) is 3.62. The molecule has 0 atom stereocenters. The second-order valence-electron chi connectivity index (χ2n) is 5.14. The van der Waals surface area contributed by atoms with E-state index in [1.165, 1.54) is 0 Å². The molecule has 2 aromatic carbocycles. The molecule has 0 saturated heterocycles. The Hall–Kier alpha value is -1.30. The van der Waals surface area contributed by atoms with Gasteiger partial charge < -0.3 is 14.8 Å². The lowest BCUT2D eigenvalue weighted by atomic mass is 10.0. The number of amidine groups is 1. The van der Waals surface area contributed by atoms with Gasteiger partial charge in [0, 0.05) is 23.0 Å². The zero-order chi connectivity index (χ0) is 16.2. The van der Waals surface area contributed by atoms with Gasteiger partial charge in [-0.25, -0.2) is 0 Å². The third-order valence-corrected chi connectivity index (χ3v) is 4.47. The Balaban J connectivity index is 2.04. The summed E-state index contributed by atoms with van der Waals surface area (Å²) >= 11 is 10.1. The number of hydrogen-bond acceptors (Lipinski definition) is 4. The minimum absolute atomic E-state index is 0.454. The van der Waals surface area contributed by atoms with Crippen molar-refractivity contribution in [1.29, 1.82) is 0 Å². The first kappa shape index (κ1) is 16.6. The highest BCUT2D eigenvalue weighted by molar-refractivity contribution is 9.10. The summed E-state index contributed by atoms with van der Waals surface area (Å²) in [7, 11) is 0. The van der Waals surface area contributed by atoms with E-state index in [1.54, 1.807) is 0 Å². The van der Waals surface area contributed by atoms with Gasteiger partial charge in [-0.15, -0.1) is 0 Å². The first-order valence-electron chi connectivity index (χ1n) is 7.61. The summed E-state index contributed by atoms with van der Waals surface area (Å²) in [6, 6.07) is 8.08. The van der Waals surface area contributed by atoms with E-state index in [4.69, 9.17) is 21.1 Å². The standard InChI is InChI=1S/C17H18BrClN2O2/c1-2-22-7-8-23-16-14(17-20-5-6-21-17)10-11-9-12(18)3-4-13(11)15(16)19/h3-4,9-10H,2,5-8H2,1H3,(H,20,21). The molecule has 1 aliphatic heterocycles. The molecule has 23 heavy (non-hydrogen) atoms. The second-order valence-corrected chi connectivity index (χ2v) is 6.43. The molecule has 0 aliphatic carbocycles. The van der Waals surface area contributed by atoms with Crippen LogP contribution in [0.1, 0.15) is 12.5 Å². The average molecular weight is 398 g/mol. The third-order valence-electron chi connectivity index (χ3n) is 3.60. The van der Waals surface area contributed by atoms with Gasteiger partial charge in [-0.1, -0.05) is 33.6 Å². The van der Waals surface area contributed by atoms with Crippen molar-refractivity contribution in [3.05, 3.63) is 39.3 Å². The Morgan fingerprint density at radius 3 is 2.91 bits per heavy atom. The first-order valence-corrected chi connectivity index (χ1v) is 8.78. The number of benzene rings is 2. The maximum atomic E-state index is 6.63. The Morgan fingerprint density at radius 1 is 1.30 bits per heavy atom. The summed E-state index contributed by atoms with van der Waals surface area (Å²) in [5.74, 6) is 1.49. The van der Waals surface area contributed by atoms with E-state index in [0.29, 0.717) is 30.6 Å². The Labute approximate surface area is 149 Å². The van der Waals surface area contributed by atoms with Gasteiger partial charge in [0.15, 0.2) is 0 Å². The molecule has 1 aliphatic rings. The highest BCUT2D eigenvalue weighted by Crippen LogP contribution is 2.38. The van der Waals surface area contributed by atoms with E-state index in [-0.39, 0.29) is 0 Å². The molecule has 1 N–H and O–H groups in total. The second kappa shape index (κ2) is 7.51. The van der Waals surface area contributed by atoms with Crippen LogP contribution in [0.4, 0.5) is 0 Å². The summed E-state index contributed by atoms with van der Waals surface area (Å²) in [5, 5.41) is 5.91. The molecule has 0 spiro atoms. The number of hydrogen-bond donors (Lipinski definition) is 1. The summed E-state index contributed by atoms with van der Waals surface area (Å²) in [6.07, 6.45) is 0. The van der Waals surface area contributed by atoms with Crippen LogP contribution in [0.25, 0.3) is 10.8 Å². The lowest BCUT2D eigenvalue weighted by molar-refractivity contribution is 0.110. The van der Waals surface area contributed by atoms with E-state index < -0.39 is 0 Å². The molecule has 0 amide bonds. The molecule has 6 heteroatoms. The van der Waals surface area contributed by atoms with Gasteiger partial charge in [-0.2, -0.15) is 0 Å². The number of nitrogens with zero attached hydrogens (tertiary/aromatic N) is 1. The Morgan fingerprint density at radius 2 is 2.17 bits per heavy atom. The van der Waals surface area contributed by atoms with Gasteiger partial charge in [0.2, 0.25) is 0 Å². The van der Waals surface area contributed by atoms with Crippen molar-refractivity contribution in [2.75, 3.05) is 32.9 Å². The van der Waals surface area contributed by atoms with Crippen molar-refractivity contribution in [2.45, 2.75) is 6.92 Å². The van der Waals surface area contributed by atoms with Crippen LogP contribution in [0.3, 0.4) is 0 Å². The number of halogens is 2. The fraction of sp³-hybridized carbons (Fsp3) is 0.353. The molecule has 122 valence electrons. The number of rotatable bonds is 6. The van der Waals surface area contributed by atoms with Gasteiger partial charge >= 0.3 is 0 Å². The molecule has 0 saturated carbocycles. The highest BCUT2D eigenvalue weighted by atomic mass is 79.9. The van der Waals surface area contributed by atoms with Crippen LogP contribution in [-0.2, 0) is 4.74 Å². The SMILES string of the molecule is CCOCCOc1c(C2=NCCN2)cc2cc(Br)ccc2c1Cl. The molecule has 1 heterocycles. The summed E-state index contributed by atoms with van der Waals surface area (Å²) in [6.45, 7) is 5.22. The minimum Gasteiger partial charge on any atom is -0.489 e. The maximum absolute atomic E-state index is 6.63. The molecule has 0 aromatic heterocycles. The van der Waals surface area contributed by atoms with Gasteiger partial charge in [0.25, 0.3) is 0 Å². The van der Waals surface area contributed by atoms with Gasteiger partial charge in [0.1, 0.15) is 18.2 Å². The summed E-state index contributed by atoms with van der Waals surface area (Å²) in [5.41, 5.74) is 0.898. The number of nitrogens with one attached hydrogen (secondary N) is 1. The maximum Gasteiger partial charge on any atom is 0.149 e. The highest BCUT2D eigenvalue weighted by Gasteiger charge is 2.19. The fourth-order valence-electron chi connectivity index (χ4n) is 2.56. The molecular formula is C17H18BrClN2O2. The van der Waals surface area contributed by atoms with Crippen LogP contribution in [0.2, 0.25) is 5.02 Å². The summed E-state index contributed by atoms with van der Waals surface area (Å²) < 4.78 is 12.3. The number of fused-ring (bicyclic) bond motifs is 1. The lowest BCUT2D eigenvalue weighted by Gasteiger charge is -2.16. The average Bonchev–Trinajstić information content (AvgIpc) is 3.07. The van der Waals surface area contributed by atoms with Crippen molar-refractivity contribution < 1.29 is 9.47 Å². The molecule has 2 aromatic rings. The smallest absolute Gasteiger partial charge is 0.149 e. The molecule has 0 fully saturated rings. The largest absolute Gasteiger partial charge is 0.489 e. The van der Waals surface area contributed by atoms with E-state index in [9.17, 15) is 0 Å². The van der Waals surface area contributed by atoms with Crippen LogP contribution in [0.5, 0.6) is 5.75 Å². The zero-order valence-electron chi connectivity index (χ0n) is 12.9. The predicted molar refractivity (Wildman–Crippen MR) is 98.1 cm³/mol. The topological polar surface area (TPSA) is 42.9 Å². The molecular weight excluding hydrogens is 380 g/mol. The normalized spacial score (nSPS) is 14.0. The van der Waals surface area contributed by atoms with Gasteiger partial charge in [-0.05, 0) is 30.5 Å². The molecule has 3 rings (SSSR count). The van der Waals surface area contributed by atoms with Crippen molar-refractivity contribution in [2.24, 2.45) is 4.99 Å². The van der Waals surface area contributed by atoms with Crippen LogP contribution in [0, 0.1) is 0 Å². The van der Waals surface area contributed by atoms with Crippen molar-refractivity contribution in [3.63, 3.8) is 0 Å². The quantitative estimate of drug-likeness (QED) is 0.749. The number of aliphatic imine (C=N–C) groups is 1. The lowest BCUT2D eigenvalue weighted by Crippen LogP contribution is -2.21. The van der Waals surface area contributed by atoms with Crippen molar-refractivity contribution >= 4 is 44.1 Å². The monoisotopic (exact) mass is 396 g/mol. The van der Waals surface area contributed by atoms with Gasteiger partial charge in [0.05, 0.1) is 23.7 Å². The summed E-state index contributed by atoms with van der Waals surface area (Å²) in [4.78, 5) is 4.51. The molecule has 0 unspecified atom stereocenters. The molecule has 0 radical (unpaired) electrons. The molecule has 0 bridgehead atoms. The van der Waals surface area contributed by atoms with Crippen molar-refractivity contribution in [3.8, 4) is 5.75 Å². The van der Waals surface area contributed by atoms with Gasteiger partial charge in [-0.3, -0.25) is 4.99 Å². The zero-order valence-corrected chi connectivity index (χ0v) is 15.2. The predicted octanol–water partition coefficient (Wildman–Crippen LogP) is 4.02. The fourth-order valence-corrected chi connectivity index (χ4v) is 3.26.